The largest absolute Gasteiger partial charge is 0.335 e. The van der Waals surface area contributed by atoms with Crippen LogP contribution in [0.3, 0.4) is 0 Å². The van der Waals surface area contributed by atoms with Crippen LogP contribution in [0.4, 0.5) is 5.69 Å². The molecule has 2 aromatic heterocycles. The van der Waals surface area contributed by atoms with Crippen molar-refractivity contribution in [2.45, 2.75) is 25.9 Å². The Morgan fingerprint density at radius 2 is 1.75 bits per heavy atom. The van der Waals surface area contributed by atoms with Gasteiger partial charge in [0, 0.05) is 10.6 Å². The van der Waals surface area contributed by atoms with Gasteiger partial charge in [-0.1, -0.05) is 41.1 Å². The van der Waals surface area contributed by atoms with Gasteiger partial charge in [-0.05, 0) is 57.2 Å². The molecule has 0 atom stereocenters. The highest BCUT2D eigenvalue weighted by molar-refractivity contribution is 7.99. The van der Waals surface area contributed by atoms with E-state index in [9.17, 15) is 4.79 Å². The first-order valence-corrected chi connectivity index (χ1v) is 11.2. The summed E-state index contributed by atoms with van der Waals surface area (Å²) < 4.78 is 3.19. The number of nitrogen functional groups attached to an aromatic ring is 1. The van der Waals surface area contributed by atoms with Crippen LogP contribution < -0.4 is 11.2 Å². The second-order valence-electron chi connectivity index (χ2n) is 7.31. The van der Waals surface area contributed by atoms with Crippen molar-refractivity contribution in [1.29, 1.82) is 0 Å². The minimum Gasteiger partial charge on any atom is -0.335 e. The fraction of sp³-hybridized carbons (Fsp3) is 0.182. The van der Waals surface area contributed by atoms with Gasteiger partial charge in [-0.2, -0.15) is 5.10 Å². The molecule has 0 aliphatic carbocycles. The average Bonchev–Trinajstić information content (AvgIpc) is 3.28. The predicted octanol–water partition coefficient (Wildman–Crippen LogP) is 4.15. The van der Waals surface area contributed by atoms with E-state index in [-0.39, 0.29) is 11.7 Å². The van der Waals surface area contributed by atoms with Gasteiger partial charge in [-0.25, -0.2) is 9.36 Å². The van der Waals surface area contributed by atoms with Crippen molar-refractivity contribution in [3.8, 4) is 17.1 Å². The van der Waals surface area contributed by atoms with Crippen LogP contribution in [0.25, 0.3) is 17.1 Å². The molecule has 0 saturated carbocycles. The number of nitrogens with two attached hydrogens (primary N) is 1. The molecule has 0 unspecified atom stereocenters. The number of carbonyl (C=O) groups excluding carboxylic acids is 1. The minimum atomic E-state index is -0.180. The first-order valence-electron chi connectivity index (χ1n) is 9.86. The highest BCUT2D eigenvalue weighted by Crippen LogP contribution is 2.25. The van der Waals surface area contributed by atoms with Crippen LogP contribution in [0, 0.1) is 20.8 Å². The summed E-state index contributed by atoms with van der Waals surface area (Å²) in [6.07, 6.45) is 0. The molecule has 10 heteroatoms. The Hall–Kier alpha value is -3.30. The van der Waals surface area contributed by atoms with E-state index in [1.165, 1.54) is 22.0 Å². The molecule has 0 fully saturated rings. The Labute approximate surface area is 194 Å². The molecule has 2 aromatic carbocycles. The van der Waals surface area contributed by atoms with E-state index in [0.29, 0.717) is 21.7 Å². The van der Waals surface area contributed by atoms with E-state index < -0.39 is 0 Å². The molecule has 8 nitrogen and oxygen atoms in total. The minimum absolute atomic E-state index is 0.130. The second-order valence-corrected chi connectivity index (χ2v) is 8.69. The smallest absolute Gasteiger partial charge is 0.234 e. The zero-order chi connectivity index (χ0) is 22.8. The third-order valence-electron chi connectivity index (χ3n) is 4.93. The molecular formula is C22H22ClN7OS. The van der Waals surface area contributed by atoms with Gasteiger partial charge in [-0.3, -0.25) is 4.79 Å². The molecule has 32 heavy (non-hydrogen) atoms. The first-order chi connectivity index (χ1) is 15.3. The lowest BCUT2D eigenvalue weighted by Crippen LogP contribution is -2.17. The molecular weight excluding hydrogens is 446 g/mol. The lowest BCUT2D eigenvalue weighted by Gasteiger charge is -2.07. The highest BCUT2D eigenvalue weighted by Gasteiger charge is 2.17. The number of rotatable bonds is 6. The number of nitrogens with zero attached hydrogens (tertiary/aromatic N) is 5. The summed E-state index contributed by atoms with van der Waals surface area (Å²) in [4.78, 5) is 12.6. The van der Waals surface area contributed by atoms with Crippen molar-refractivity contribution in [3.63, 3.8) is 0 Å². The molecule has 3 N–H and O–H groups in total. The summed E-state index contributed by atoms with van der Waals surface area (Å²) in [5.41, 5.74) is 5.21. The summed E-state index contributed by atoms with van der Waals surface area (Å²) in [6, 6.07) is 15.2. The molecule has 4 aromatic rings. The van der Waals surface area contributed by atoms with E-state index in [4.69, 9.17) is 17.4 Å². The van der Waals surface area contributed by atoms with Gasteiger partial charge in [-0.15, -0.1) is 10.2 Å². The molecule has 0 aliphatic rings. The third kappa shape index (κ3) is 4.49. The van der Waals surface area contributed by atoms with E-state index in [1.807, 2.05) is 61.9 Å². The van der Waals surface area contributed by atoms with Gasteiger partial charge in [0.05, 0.1) is 28.5 Å². The Morgan fingerprint density at radius 1 is 1.06 bits per heavy atom. The van der Waals surface area contributed by atoms with Crippen molar-refractivity contribution in [3.05, 3.63) is 70.5 Å². The SMILES string of the molecule is Cc1ccc(-n2nc(C)c(NC(=O)CSc3nnc(-c4ccc(Cl)cc4)n3N)c2C)cc1. The number of benzene rings is 2. The number of halogens is 1. The molecule has 1 amide bonds. The Balaban J connectivity index is 1.44. The van der Waals surface area contributed by atoms with Crippen LogP contribution >= 0.6 is 23.4 Å². The summed E-state index contributed by atoms with van der Waals surface area (Å²) in [6.45, 7) is 5.84. The molecule has 164 valence electrons. The Kier molecular flexibility index (Phi) is 6.20. The molecule has 0 radical (unpaired) electrons. The number of carbonyl (C=O) groups is 1. The van der Waals surface area contributed by atoms with Gasteiger partial charge in [0.15, 0.2) is 5.82 Å². The van der Waals surface area contributed by atoms with E-state index in [2.05, 4.69) is 20.6 Å². The summed E-state index contributed by atoms with van der Waals surface area (Å²) in [5, 5.41) is 16.8. The van der Waals surface area contributed by atoms with Crippen molar-refractivity contribution in [2.75, 3.05) is 16.9 Å². The zero-order valence-corrected chi connectivity index (χ0v) is 19.4. The summed E-state index contributed by atoms with van der Waals surface area (Å²) in [5.74, 6) is 6.58. The van der Waals surface area contributed by atoms with E-state index in [0.717, 1.165) is 22.6 Å². The van der Waals surface area contributed by atoms with Crippen LogP contribution in [0.5, 0.6) is 0 Å². The number of anilines is 1. The van der Waals surface area contributed by atoms with Gasteiger partial charge >= 0.3 is 0 Å². The lowest BCUT2D eigenvalue weighted by atomic mass is 10.2. The van der Waals surface area contributed by atoms with Crippen LogP contribution in [-0.4, -0.2) is 36.3 Å². The monoisotopic (exact) mass is 467 g/mol. The van der Waals surface area contributed by atoms with Crippen molar-refractivity contribution in [2.24, 2.45) is 0 Å². The number of hydrogen-bond acceptors (Lipinski definition) is 6. The number of aromatic nitrogens is 5. The highest BCUT2D eigenvalue weighted by atomic mass is 35.5. The normalized spacial score (nSPS) is 11.0. The molecule has 4 rings (SSSR count). The molecule has 0 saturated heterocycles. The van der Waals surface area contributed by atoms with Gasteiger partial charge in [0.2, 0.25) is 11.1 Å². The molecule has 2 heterocycles. The topological polar surface area (TPSA) is 104 Å². The number of hydrogen-bond donors (Lipinski definition) is 2. The lowest BCUT2D eigenvalue weighted by molar-refractivity contribution is -0.113. The molecule has 0 bridgehead atoms. The standard InChI is InChI=1S/C22H22ClN7OS/c1-13-4-10-18(11-5-13)30-15(3)20(14(2)28-30)25-19(31)12-32-22-27-26-21(29(22)24)16-6-8-17(23)9-7-16/h4-11H,12,24H2,1-3H3,(H,25,31). The average molecular weight is 468 g/mol. The molecule has 0 spiro atoms. The summed E-state index contributed by atoms with van der Waals surface area (Å²) >= 11 is 7.14. The van der Waals surface area contributed by atoms with Crippen LogP contribution in [0.15, 0.2) is 53.7 Å². The number of amides is 1. The van der Waals surface area contributed by atoms with Crippen molar-refractivity contribution < 1.29 is 4.79 Å². The number of nitrogens with one attached hydrogen (secondary N) is 1. The van der Waals surface area contributed by atoms with Crippen LogP contribution in [0.1, 0.15) is 17.0 Å². The quantitative estimate of drug-likeness (QED) is 0.326. The number of thioether (sulfide) groups is 1. The first kappa shape index (κ1) is 21.9. The second kappa shape index (κ2) is 9.05. The third-order valence-corrected chi connectivity index (χ3v) is 6.13. The maximum absolute atomic E-state index is 12.6. The predicted molar refractivity (Wildman–Crippen MR) is 128 cm³/mol. The Bertz CT molecular complexity index is 1260. The number of aryl methyl sites for hydroxylation is 2. The Morgan fingerprint density at radius 3 is 2.44 bits per heavy atom. The van der Waals surface area contributed by atoms with Crippen molar-refractivity contribution >= 4 is 35.0 Å². The van der Waals surface area contributed by atoms with E-state index >= 15 is 0 Å². The fourth-order valence-electron chi connectivity index (χ4n) is 3.24. The maximum Gasteiger partial charge on any atom is 0.234 e. The van der Waals surface area contributed by atoms with E-state index in [1.54, 1.807) is 12.1 Å². The fourth-order valence-corrected chi connectivity index (χ4v) is 4.02. The van der Waals surface area contributed by atoms with Crippen LogP contribution in [-0.2, 0) is 4.79 Å². The van der Waals surface area contributed by atoms with Gasteiger partial charge < -0.3 is 11.2 Å². The maximum atomic E-state index is 12.6. The van der Waals surface area contributed by atoms with Crippen LogP contribution in [0.2, 0.25) is 5.02 Å². The molecule has 0 aliphatic heterocycles. The van der Waals surface area contributed by atoms with Gasteiger partial charge in [0.1, 0.15) is 0 Å². The summed E-state index contributed by atoms with van der Waals surface area (Å²) in [7, 11) is 0. The van der Waals surface area contributed by atoms with Gasteiger partial charge in [0.25, 0.3) is 0 Å². The van der Waals surface area contributed by atoms with Crippen molar-refractivity contribution in [1.82, 2.24) is 24.7 Å². The zero-order valence-electron chi connectivity index (χ0n) is 17.8.